The Bertz CT molecular complexity index is 1990. The van der Waals surface area contributed by atoms with E-state index in [1.54, 1.807) is 6.21 Å². The van der Waals surface area contributed by atoms with Crippen LogP contribution in [0.5, 0.6) is 0 Å². The number of hydrogen-bond acceptors (Lipinski definition) is 4. The molecule has 0 unspecified atom stereocenters. The van der Waals surface area contributed by atoms with Gasteiger partial charge in [0, 0.05) is 77.9 Å². The van der Waals surface area contributed by atoms with Gasteiger partial charge in [-0.15, -0.1) is 0 Å². The van der Waals surface area contributed by atoms with E-state index < -0.39 is 0 Å². The van der Waals surface area contributed by atoms with E-state index in [0.29, 0.717) is 11.4 Å². The second kappa shape index (κ2) is 13.8. The number of aliphatic imine (C=N–C) groups is 4. The van der Waals surface area contributed by atoms with E-state index in [1.165, 1.54) is 0 Å². The molecule has 6 heteroatoms. The van der Waals surface area contributed by atoms with Crippen LogP contribution in [-0.2, 0) is 7.05 Å². The summed E-state index contributed by atoms with van der Waals surface area (Å²) in [6.07, 6.45) is 3.64. The Hall–Kier alpha value is -5.62. The van der Waals surface area contributed by atoms with Crippen LogP contribution in [0, 0.1) is 0 Å². The van der Waals surface area contributed by atoms with Crippen LogP contribution in [0.15, 0.2) is 136 Å². The Kier molecular flexibility index (Phi) is 9.44. The van der Waals surface area contributed by atoms with Crippen LogP contribution < -0.4 is 0 Å². The molecular weight excluding hydrogens is 552 g/mol. The van der Waals surface area contributed by atoms with E-state index in [4.69, 9.17) is 15.0 Å². The van der Waals surface area contributed by atoms with Gasteiger partial charge in [-0.2, -0.15) is 0 Å². The molecule has 1 aromatic heterocycles. The first-order valence-electron chi connectivity index (χ1n) is 14.8. The number of aromatic nitrogens is 1. The van der Waals surface area contributed by atoms with E-state index >= 15 is 0 Å². The summed E-state index contributed by atoms with van der Waals surface area (Å²) < 4.78 is 2.04. The molecule has 0 aliphatic rings. The SMILES string of the molecule is C=C(N=C(c1ccccc1)N(C)C)c1ccccc1/C=N/c1c2ccccc2c(/N=C(\C)c2ccccc2C(=C)N=CC)n1C. The molecule has 0 spiro atoms. The molecule has 45 heavy (non-hydrogen) atoms. The minimum absolute atomic E-state index is 0.662. The maximum Gasteiger partial charge on any atom is 0.142 e. The van der Waals surface area contributed by atoms with Crippen LogP contribution in [0.25, 0.3) is 22.2 Å². The van der Waals surface area contributed by atoms with Crippen molar-refractivity contribution in [2.24, 2.45) is 27.0 Å². The fourth-order valence-electron chi connectivity index (χ4n) is 5.32. The molecule has 0 bridgehead atoms. The van der Waals surface area contributed by atoms with Gasteiger partial charge in [0.1, 0.15) is 17.5 Å². The third-order valence-electron chi connectivity index (χ3n) is 7.52. The topological polar surface area (TPSA) is 57.6 Å². The minimum Gasteiger partial charge on any atom is -0.362 e. The van der Waals surface area contributed by atoms with Gasteiger partial charge in [-0.1, -0.05) is 116 Å². The molecule has 0 saturated carbocycles. The number of amidine groups is 1. The second-order valence-electron chi connectivity index (χ2n) is 10.8. The number of fused-ring (bicyclic) bond motifs is 1. The average molecular weight is 591 g/mol. The van der Waals surface area contributed by atoms with Gasteiger partial charge >= 0.3 is 0 Å². The fourth-order valence-corrected chi connectivity index (χ4v) is 5.32. The normalized spacial score (nSPS) is 12.4. The molecule has 5 rings (SSSR count). The van der Waals surface area contributed by atoms with Gasteiger partial charge in [0.05, 0.1) is 11.4 Å². The van der Waals surface area contributed by atoms with Crippen LogP contribution in [0.3, 0.4) is 0 Å². The Labute approximate surface area is 265 Å². The number of nitrogens with zero attached hydrogens (tertiary/aromatic N) is 6. The highest BCUT2D eigenvalue weighted by Crippen LogP contribution is 2.37. The number of hydrogen-bond donors (Lipinski definition) is 0. The van der Waals surface area contributed by atoms with Crippen molar-refractivity contribution < 1.29 is 0 Å². The summed E-state index contributed by atoms with van der Waals surface area (Å²) in [5.74, 6) is 2.48. The second-order valence-corrected chi connectivity index (χ2v) is 10.8. The van der Waals surface area contributed by atoms with Gasteiger partial charge in [-0.3, -0.25) is 4.99 Å². The Morgan fingerprint density at radius 3 is 1.96 bits per heavy atom. The molecular formula is C39H38N6. The summed E-state index contributed by atoms with van der Waals surface area (Å²) in [6, 6.07) is 34.5. The molecule has 0 saturated heterocycles. The van der Waals surface area contributed by atoms with Crippen LogP contribution in [0.1, 0.15) is 41.7 Å². The summed E-state index contributed by atoms with van der Waals surface area (Å²) in [5.41, 5.74) is 7.05. The molecule has 5 aromatic rings. The summed E-state index contributed by atoms with van der Waals surface area (Å²) in [4.78, 5) is 21.5. The van der Waals surface area contributed by atoms with Crippen LogP contribution in [0.4, 0.5) is 11.6 Å². The van der Waals surface area contributed by atoms with Crippen molar-refractivity contribution in [3.63, 3.8) is 0 Å². The lowest BCUT2D eigenvalue weighted by Crippen LogP contribution is -2.23. The zero-order chi connectivity index (χ0) is 31.9. The lowest BCUT2D eigenvalue weighted by Gasteiger charge is -2.17. The highest BCUT2D eigenvalue weighted by Gasteiger charge is 2.16. The molecule has 0 aliphatic carbocycles. The standard InChI is InChI=1S/C39H38N6/c1-8-40-27(2)33-22-14-15-23-34(33)29(4)43-39-36-25-17-16-24-35(36)38(45(39)7)41-26-31-20-12-13-21-32(31)28(3)42-37(44(5)6)30-18-10-9-11-19-30/h8-26H,2-3H2,1,4-7H3/b40-8?,41-26+,42-37?,43-29+. The average Bonchev–Trinajstić information content (AvgIpc) is 3.32. The highest BCUT2D eigenvalue weighted by atomic mass is 15.1. The molecule has 224 valence electrons. The van der Waals surface area contributed by atoms with E-state index in [1.807, 2.05) is 123 Å². The van der Waals surface area contributed by atoms with Crippen LogP contribution >= 0.6 is 0 Å². The molecule has 1 heterocycles. The number of benzene rings is 4. The molecule has 0 atom stereocenters. The van der Waals surface area contributed by atoms with Crippen molar-refractivity contribution in [1.29, 1.82) is 0 Å². The number of rotatable bonds is 9. The predicted molar refractivity (Wildman–Crippen MR) is 194 cm³/mol. The van der Waals surface area contributed by atoms with Gasteiger partial charge in [-0.25, -0.2) is 15.0 Å². The molecule has 4 aromatic carbocycles. The third-order valence-corrected chi connectivity index (χ3v) is 7.52. The van der Waals surface area contributed by atoms with Crippen LogP contribution in [0.2, 0.25) is 0 Å². The van der Waals surface area contributed by atoms with Crippen molar-refractivity contribution in [3.05, 3.63) is 144 Å². The van der Waals surface area contributed by atoms with E-state index in [2.05, 4.69) is 48.5 Å². The van der Waals surface area contributed by atoms with Crippen molar-refractivity contribution in [2.45, 2.75) is 13.8 Å². The molecule has 0 fully saturated rings. The van der Waals surface area contributed by atoms with Gasteiger partial charge in [0.15, 0.2) is 0 Å². The summed E-state index contributed by atoms with van der Waals surface area (Å²) in [7, 11) is 5.98. The zero-order valence-electron chi connectivity index (χ0n) is 26.6. The monoisotopic (exact) mass is 590 g/mol. The Morgan fingerprint density at radius 2 is 1.29 bits per heavy atom. The molecule has 0 radical (unpaired) electrons. The van der Waals surface area contributed by atoms with Gasteiger partial charge in [0.25, 0.3) is 0 Å². The van der Waals surface area contributed by atoms with Crippen molar-refractivity contribution in [3.8, 4) is 0 Å². The van der Waals surface area contributed by atoms with Gasteiger partial charge in [0.2, 0.25) is 0 Å². The minimum atomic E-state index is 0.662. The fraction of sp³-hybridized carbons (Fsp3) is 0.128. The van der Waals surface area contributed by atoms with Gasteiger partial charge < -0.3 is 9.47 Å². The molecule has 0 aliphatic heterocycles. The maximum atomic E-state index is 5.14. The Balaban J connectivity index is 1.55. The molecule has 0 N–H and O–H groups in total. The van der Waals surface area contributed by atoms with Crippen molar-refractivity contribution in [1.82, 2.24) is 9.47 Å². The summed E-state index contributed by atoms with van der Waals surface area (Å²) in [6.45, 7) is 12.4. The Morgan fingerprint density at radius 1 is 0.711 bits per heavy atom. The summed E-state index contributed by atoms with van der Waals surface area (Å²) in [5, 5.41) is 2.04. The van der Waals surface area contributed by atoms with E-state index in [9.17, 15) is 0 Å². The van der Waals surface area contributed by atoms with Crippen molar-refractivity contribution >= 4 is 57.8 Å². The first-order chi connectivity index (χ1) is 21.8. The van der Waals surface area contributed by atoms with Crippen molar-refractivity contribution in [2.75, 3.05) is 14.1 Å². The smallest absolute Gasteiger partial charge is 0.142 e. The van der Waals surface area contributed by atoms with E-state index in [0.717, 1.165) is 61.8 Å². The first-order valence-corrected chi connectivity index (χ1v) is 14.8. The lowest BCUT2D eigenvalue weighted by atomic mass is 10.0. The van der Waals surface area contributed by atoms with E-state index in [-0.39, 0.29) is 0 Å². The predicted octanol–water partition coefficient (Wildman–Crippen LogP) is 9.11. The largest absolute Gasteiger partial charge is 0.362 e. The molecule has 0 amide bonds. The van der Waals surface area contributed by atoms with Crippen LogP contribution in [-0.4, -0.2) is 47.5 Å². The third kappa shape index (κ3) is 6.65. The first kappa shape index (κ1) is 30.8. The zero-order valence-corrected chi connectivity index (χ0v) is 26.6. The highest BCUT2D eigenvalue weighted by molar-refractivity contribution is 6.08. The molecule has 6 nitrogen and oxygen atoms in total. The quantitative estimate of drug-likeness (QED) is 0.125. The lowest BCUT2D eigenvalue weighted by molar-refractivity contribution is 0.624. The van der Waals surface area contributed by atoms with Gasteiger partial charge in [-0.05, 0) is 13.8 Å². The maximum absolute atomic E-state index is 5.14. The summed E-state index contributed by atoms with van der Waals surface area (Å²) >= 11 is 0.